The molecule has 16 heavy (non-hydrogen) atoms. The maximum Gasteiger partial charge on any atom is 0.127 e. The Bertz CT molecular complexity index is 439. The zero-order chi connectivity index (χ0) is 11.2. The van der Waals surface area contributed by atoms with Crippen molar-refractivity contribution in [2.45, 2.75) is 6.54 Å². The van der Waals surface area contributed by atoms with Gasteiger partial charge in [-0.05, 0) is 11.6 Å². The van der Waals surface area contributed by atoms with Gasteiger partial charge in [-0.2, -0.15) is 0 Å². The van der Waals surface area contributed by atoms with Gasteiger partial charge in [0.25, 0.3) is 0 Å². The molecule has 2 aromatic rings. The van der Waals surface area contributed by atoms with Crippen LogP contribution in [0, 0.1) is 12.4 Å². The van der Waals surface area contributed by atoms with Gasteiger partial charge in [-0.25, -0.2) is 4.39 Å². The second kappa shape index (κ2) is 5.42. The molecular formula is C14H13FN. The van der Waals surface area contributed by atoms with E-state index >= 15 is 0 Å². The van der Waals surface area contributed by atoms with Gasteiger partial charge in [0.1, 0.15) is 5.82 Å². The molecule has 2 heteroatoms. The van der Waals surface area contributed by atoms with Crippen LogP contribution in [-0.2, 0) is 6.54 Å². The lowest BCUT2D eigenvalue weighted by Crippen LogP contribution is -2.11. The molecule has 0 aliphatic carbocycles. The van der Waals surface area contributed by atoms with Crippen molar-refractivity contribution in [2.75, 3.05) is 0 Å². The molecule has 0 atom stereocenters. The van der Waals surface area contributed by atoms with Crippen LogP contribution in [0.3, 0.4) is 0 Å². The lowest BCUT2D eigenvalue weighted by Gasteiger charge is -2.05. The highest BCUT2D eigenvalue weighted by Crippen LogP contribution is 2.06. The van der Waals surface area contributed by atoms with Crippen LogP contribution < -0.4 is 5.32 Å². The van der Waals surface area contributed by atoms with E-state index in [0.717, 1.165) is 5.56 Å². The van der Waals surface area contributed by atoms with Gasteiger partial charge in [0.15, 0.2) is 0 Å². The molecule has 0 heterocycles. The highest BCUT2D eigenvalue weighted by molar-refractivity contribution is 5.22. The van der Waals surface area contributed by atoms with Crippen molar-refractivity contribution in [1.82, 2.24) is 5.32 Å². The first kappa shape index (κ1) is 10.8. The summed E-state index contributed by atoms with van der Waals surface area (Å²) >= 11 is 0. The van der Waals surface area contributed by atoms with Gasteiger partial charge in [-0.1, -0.05) is 48.5 Å². The predicted octanol–water partition coefficient (Wildman–Crippen LogP) is 3.13. The molecule has 81 valence electrons. The summed E-state index contributed by atoms with van der Waals surface area (Å²) in [5, 5.41) is 3.09. The largest absolute Gasteiger partial charge is 0.304 e. The Hall–Kier alpha value is -1.67. The fourth-order valence-electron chi connectivity index (χ4n) is 1.47. The first-order valence-corrected chi connectivity index (χ1v) is 5.21. The van der Waals surface area contributed by atoms with E-state index in [2.05, 4.69) is 5.32 Å². The topological polar surface area (TPSA) is 12.0 Å². The molecule has 0 unspecified atom stereocenters. The van der Waals surface area contributed by atoms with Gasteiger partial charge < -0.3 is 5.32 Å². The normalized spacial score (nSPS) is 10.3. The lowest BCUT2D eigenvalue weighted by atomic mass is 10.2. The molecule has 1 radical (unpaired) electrons. The van der Waals surface area contributed by atoms with Crippen LogP contribution in [0.5, 0.6) is 0 Å². The summed E-state index contributed by atoms with van der Waals surface area (Å²) in [4.78, 5) is 0. The average Bonchev–Trinajstić information content (AvgIpc) is 2.33. The van der Waals surface area contributed by atoms with Gasteiger partial charge in [0.2, 0.25) is 0 Å². The Morgan fingerprint density at radius 2 is 1.62 bits per heavy atom. The zero-order valence-corrected chi connectivity index (χ0v) is 8.86. The maximum absolute atomic E-state index is 13.3. The Morgan fingerprint density at radius 1 is 0.938 bits per heavy atom. The van der Waals surface area contributed by atoms with E-state index in [1.165, 1.54) is 6.07 Å². The minimum atomic E-state index is -0.170. The van der Waals surface area contributed by atoms with Crippen molar-refractivity contribution in [3.8, 4) is 0 Å². The second-order valence-electron chi connectivity index (χ2n) is 3.53. The fourth-order valence-corrected chi connectivity index (χ4v) is 1.47. The highest BCUT2D eigenvalue weighted by Gasteiger charge is 1.99. The molecular weight excluding hydrogens is 201 g/mol. The van der Waals surface area contributed by atoms with Gasteiger partial charge in [-0.15, -0.1) is 0 Å². The molecule has 0 aliphatic heterocycles. The zero-order valence-electron chi connectivity index (χ0n) is 8.86. The van der Waals surface area contributed by atoms with Gasteiger partial charge in [0, 0.05) is 12.1 Å². The molecule has 0 amide bonds. The van der Waals surface area contributed by atoms with E-state index in [1.807, 2.05) is 42.9 Å². The third kappa shape index (κ3) is 2.91. The Balaban J connectivity index is 1.87. The summed E-state index contributed by atoms with van der Waals surface area (Å²) in [5.41, 5.74) is 1.76. The lowest BCUT2D eigenvalue weighted by molar-refractivity contribution is 0.601. The van der Waals surface area contributed by atoms with Crippen molar-refractivity contribution >= 4 is 0 Å². The van der Waals surface area contributed by atoms with Crippen LogP contribution in [0.1, 0.15) is 11.1 Å². The number of nitrogens with one attached hydrogen (secondary N) is 1. The molecule has 0 bridgehead atoms. The maximum atomic E-state index is 13.3. The summed E-state index contributed by atoms with van der Waals surface area (Å²) in [6.45, 7) is 2.38. The Kier molecular flexibility index (Phi) is 3.67. The van der Waals surface area contributed by atoms with E-state index < -0.39 is 0 Å². The van der Waals surface area contributed by atoms with Crippen LogP contribution >= 0.6 is 0 Å². The SMILES string of the molecule is Fc1ccccc1CN[CH]c1ccccc1. The molecule has 0 saturated carbocycles. The summed E-state index contributed by atoms with van der Waals surface area (Å²) < 4.78 is 13.3. The quantitative estimate of drug-likeness (QED) is 0.824. The monoisotopic (exact) mass is 214 g/mol. The van der Waals surface area contributed by atoms with E-state index in [4.69, 9.17) is 0 Å². The van der Waals surface area contributed by atoms with Crippen molar-refractivity contribution in [3.05, 3.63) is 78.1 Å². The first-order chi connectivity index (χ1) is 7.86. The predicted molar refractivity (Wildman–Crippen MR) is 63.1 cm³/mol. The Labute approximate surface area is 94.9 Å². The summed E-state index contributed by atoms with van der Waals surface area (Å²) in [5.74, 6) is -0.170. The van der Waals surface area contributed by atoms with Crippen LogP contribution in [0.15, 0.2) is 54.6 Å². The van der Waals surface area contributed by atoms with Gasteiger partial charge in [0.05, 0.1) is 6.54 Å². The number of benzene rings is 2. The fraction of sp³-hybridized carbons (Fsp3) is 0.0714. The molecule has 1 N–H and O–H groups in total. The molecule has 0 spiro atoms. The highest BCUT2D eigenvalue weighted by atomic mass is 19.1. The van der Waals surface area contributed by atoms with Crippen LogP contribution in [-0.4, -0.2) is 0 Å². The van der Waals surface area contributed by atoms with Crippen molar-refractivity contribution < 1.29 is 4.39 Å². The van der Waals surface area contributed by atoms with Crippen molar-refractivity contribution in [2.24, 2.45) is 0 Å². The van der Waals surface area contributed by atoms with Gasteiger partial charge >= 0.3 is 0 Å². The molecule has 0 fully saturated rings. The molecule has 0 aliphatic rings. The molecule has 2 rings (SSSR count). The average molecular weight is 214 g/mol. The van der Waals surface area contributed by atoms with Gasteiger partial charge in [-0.3, -0.25) is 0 Å². The third-order valence-corrected chi connectivity index (χ3v) is 2.32. The number of hydrogen-bond acceptors (Lipinski definition) is 1. The van der Waals surface area contributed by atoms with E-state index in [0.29, 0.717) is 12.1 Å². The van der Waals surface area contributed by atoms with E-state index in [1.54, 1.807) is 12.1 Å². The number of halogens is 1. The summed E-state index contributed by atoms with van der Waals surface area (Å²) in [6, 6.07) is 16.7. The van der Waals surface area contributed by atoms with E-state index in [9.17, 15) is 4.39 Å². The van der Waals surface area contributed by atoms with Crippen molar-refractivity contribution in [1.29, 1.82) is 0 Å². The van der Waals surface area contributed by atoms with Crippen molar-refractivity contribution in [3.63, 3.8) is 0 Å². The molecule has 2 aromatic carbocycles. The first-order valence-electron chi connectivity index (χ1n) is 5.21. The third-order valence-electron chi connectivity index (χ3n) is 2.32. The summed E-state index contributed by atoms with van der Waals surface area (Å²) in [7, 11) is 0. The minimum Gasteiger partial charge on any atom is -0.304 e. The van der Waals surface area contributed by atoms with Crippen LogP contribution in [0.4, 0.5) is 4.39 Å². The molecule has 0 saturated heterocycles. The van der Waals surface area contributed by atoms with E-state index in [-0.39, 0.29) is 5.82 Å². The smallest absolute Gasteiger partial charge is 0.127 e. The molecule has 0 aromatic heterocycles. The molecule has 1 nitrogen and oxygen atoms in total. The van der Waals surface area contributed by atoms with Crippen LogP contribution in [0.2, 0.25) is 0 Å². The standard InChI is InChI=1S/C14H13FN/c15-14-9-5-4-8-13(14)11-16-10-12-6-2-1-3-7-12/h1-10,16H,11H2. The Morgan fingerprint density at radius 3 is 2.38 bits per heavy atom. The second-order valence-corrected chi connectivity index (χ2v) is 3.53. The van der Waals surface area contributed by atoms with Crippen LogP contribution in [0.25, 0.3) is 0 Å². The number of hydrogen-bond donors (Lipinski definition) is 1. The number of rotatable bonds is 4. The minimum absolute atomic E-state index is 0.170. The summed E-state index contributed by atoms with van der Waals surface area (Å²) in [6.07, 6.45) is 0.